The molecule has 1 heterocycles. The minimum Gasteiger partial charge on any atom is -0.507 e. The minimum atomic E-state index is -0.819. The average molecular weight is 518 g/mol. The quantitative estimate of drug-likeness (QED) is 0.241. The second kappa shape index (κ2) is 11.3. The first-order valence-electron chi connectivity index (χ1n) is 12.2. The van der Waals surface area contributed by atoms with Gasteiger partial charge in [0.25, 0.3) is 11.7 Å². The highest BCUT2D eigenvalue weighted by atomic mass is 16.5. The number of carbonyl (C=O) groups is 2. The van der Waals surface area contributed by atoms with Gasteiger partial charge in [-0.15, -0.1) is 0 Å². The van der Waals surface area contributed by atoms with E-state index in [1.165, 1.54) is 12.0 Å². The molecule has 0 spiro atoms. The summed E-state index contributed by atoms with van der Waals surface area (Å²) in [4.78, 5) is 28.2. The van der Waals surface area contributed by atoms with Gasteiger partial charge in [0.15, 0.2) is 11.5 Å². The van der Waals surface area contributed by atoms with Crippen molar-refractivity contribution in [2.75, 3.05) is 27.9 Å². The fraction of sp³-hybridized carbons (Fsp3) is 0.267. The summed E-state index contributed by atoms with van der Waals surface area (Å²) in [5.41, 5.74) is 2.64. The van der Waals surface area contributed by atoms with Crippen molar-refractivity contribution in [1.29, 1.82) is 0 Å². The van der Waals surface area contributed by atoms with E-state index < -0.39 is 17.7 Å². The number of amides is 1. The molecule has 1 amide bonds. The molecule has 1 N–H and O–H groups in total. The largest absolute Gasteiger partial charge is 0.507 e. The number of aliphatic hydroxyl groups excluding tert-OH is 1. The van der Waals surface area contributed by atoms with Gasteiger partial charge < -0.3 is 29.0 Å². The summed E-state index contributed by atoms with van der Waals surface area (Å²) in [6.45, 7) is 4.37. The van der Waals surface area contributed by atoms with Crippen LogP contribution in [-0.2, 0) is 16.1 Å². The lowest BCUT2D eigenvalue weighted by molar-refractivity contribution is -0.140. The van der Waals surface area contributed by atoms with Gasteiger partial charge in [-0.1, -0.05) is 18.2 Å². The van der Waals surface area contributed by atoms with Crippen molar-refractivity contribution < 1.29 is 33.6 Å². The summed E-state index contributed by atoms with van der Waals surface area (Å²) in [5.74, 6) is 0.672. The summed E-state index contributed by atoms with van der Waals surface area (Å²) >= 11 is 0. The maximum absolute atomic E-state index is 13.4. The maximum atomic E-state index is 13.4. The van der Waals surface area contributed by atoms with Crippen molar-refractivity contribution in [2.45, 2.75) is 26.4 Å². The third-order valence-electron chi connectivity index (χ3n) is 6.52. The summed E-state index contributed by atoms with van der Waals surface area (Å²) < 4.78 is 21.6. The van der Waals surface area contributed by atoms with Crippen molar-refractivity contribution in [3.63, 3.8) is 0 Å². The molecule has 3 aromatic carbocycles. The molecule has 0 aromatic heterocycles. The molecule has 38 heavy (non-hydrogen) atoms. The molecule has 0 bridgehead atoms. The fourth-order valence-corrected chi connectivity index (χ4v) is 4.62. The molecule has 1 saturated heterocycles. The Morgan fingerprint density at radius 3 is 2.16 bits per heavy atom. The summed E-state index contributed by atoms with van der Waals surface area (Å²) in [6.07, 6.45) is 0. The maximum Gasteiger partial charge on any atom is 0.295 e. The molecule has 198 valence electrons. The third-order valence-corrected chi connectivity index (χ3v) is 6.52. The molecule has 1 unspecified atom stereocenters. The van der Waals surface area contributed by atoms with Crippen molar-refractivity contribution in [3.8, 4) is 23.0 Å². The monoisotopic (exact) mass is 517 g/mol. The molecule has 8 nitrogen and oxygen atoms in total. The van der Waals surface area contributed by atoms with Crippen molar-refractivity contribution in [1.82, 2.24) is 4.90 Å². The van der Waals surface area contributed by atoms with Gasteiger partial charge in [0.1, 0.15) is 17.3 Å². The van der Waals surface area contributed by atoms with E-state index in [4.69, 9.17) is 18.9 Å². The standard InChI is InChI=1S/C30H31NO7/c1-6-38-23-14-10-21(15-18(23)2)28(32)26-27(20-8-11-22(35-3)12-9-20)31(30(34)29(26)33)17-19-7-13-24(36-4)25(16-19)37-5/h7-16,27,32H,6,17H2,1-5H3/b28-26-. The molecule has 1 aliphatic rings. The van der Waals surface area contributed by atoms with E-state index in [9.17, 15) is 14.7 Å². The van der Waals surface area contributed by atoms with E-state index in [0.29, 0.717) is 40.7 Å². The van der Waals surface area contributed by atoms with Gasteiger partial charge in [-0.05, 0) is 73.0 Å². The Balaban J connectivity index is 1.83. The van der Waals surface area contributed by atoms with Crippen LogP contribution in [0.5, 0.6) is 23.0 Å². The number of aryl methyl sites for hydroxylation is 1. The number of benzene rings is 3. The first kappa shape index (κ1) is 26.6. The number of carbonyl (C=O) groups excluding carboxylic acids is 2. The molecule has 8 heteroatoms. The molecule has 1 aliphatic heterocycles. The van der Waals surface area contributed by atoms with Crippen molar-refractivity contribution >= 4 is 17.4 Å². The zero-order valence-electron chi connectivity index (χ0n) is 22.1. The predicted molar refractivity (Wildman–Crippen MR) is 143 cm³/mol. The van der Waals surface area contributed by atoms with Crippen LogP contribution in [0.4, 0.5) is 0 Å². The van der Waals surface area contributed by atoms with Crippen LogP contribution < -0.4 is 18.9 Å². The van der Waals surface area contributed by atoms with E-state index >= 15 is 0 Å². The van der Waals surface area contributed by atoms with Crippen molar-refractivity contribution in [3.05, 3.63) is 88.5 Å². The minimum absolute atomic E-state index is 0.0178. The Morgan fingerprint density at radius 2 is 1.55 bits per heavy atom. The highest BCUT2D eigenvalue weighted by Gasteiger charge is 2.46. The summed E-state index contributed by atoms with van der Waals surface area (Å²) in [7, 11) is 4.64. The van der Waals surface area contributed by atoms with Gasteiger partial charge in [-0.2, -0.15) is 0 Å². The third kappa shape index (κ3) is 5.02. The van der Waals surface area contributed by atoms with Gasteiger partial charge in [-0.25, -0.2) is 0 Å². The smallest absolute Gasteiger partial charge is 0.295 e. The van der Waals surface area contributed by atoms with Crippen LogP contribution >= 0.6 is 0 Å². The molecule has 4 rings (SSSR count). The topological polar surface area (TPSA) is 94.5 Å². The lowest BCUT2D eigenvalue weighted by Gasteiger charge is -2.26. The lowest BCUT2D eigenvalue weighted by atomic mass is 9.94. The molecule has 0 radical (unpaired) electrons. The Labute approximate surface area is 222 Å². The Kier molecular flexibility index (Phi) is 7.90. The van der Waals surface area contributed by atoms with E-state index in [2.05, 4.69) is 0 Å². The van der Waals surface area contributed by atoms with Crippen LogP contribution in [0.15, 0.2) is 66.2 Å². The second-order valence-electron chi connectivity index (χ2n) is 8.80. The zero-order valence-corrected chi connectivity index (χ0v) is 22.1. The van der Waals surface area contributed by atoms with E-state index in [1.807, 2.05) is 19.9 Å². The number of likely N-dealkylation sites (tertiary alicyclic amines) is 1. The molecule has 1 fully saturated rings. The van der Waals surface area contributed by atoms with E-state index in [0.717, 1.165) is 11.1 Å². The van der Waals surface area contributed by atoms with Gasteiger partial charge in [0.05, 0.1) is 39.6 Å². The van der Waals surface area contributed by atoms with Crippen LogP contribution in [0.25, 0.3) is 5.76 Å². The average Bonchev–Trinajstić information content (AvgIpc) is 3.18. The van der Waals surface area contributed by atoms with Crippen molar-refractivity contribution in [2.24, 2.45) is 0 Å². The normalized spacial score (nSPS) is 16.4. The van der Waals surface area contributed by atoms with Gasteiger partial charge >= 0.3 is 0 Å². The van der Waals surface area contributed by atoms with Crippen LogP contribution in [0, 0.1) is 6.92 Å². The van der Waals surface area contributed by atoms with Crippen LogP contribution in [0.3, 0.4) is 0 Å². The first-order valence-corrected chi connectivity index (χ1v) is 12.2. The van der Waals surface area contributed by atoms with Crippen LogP contribution in [-0.4, -0.2) is 49.6 Å². The van der Waals surface area contributed by atoms with Crippen LogP contribution in [0.2, 0.25) is 0 Å². The number of hydrogen-bond donors (Lipinski definition) is 1. The Morgan fingerprint density at radius 1 is 0.868 bits per heavy atom. The number of nitrogens with zero attached hydrogens (tertiary/aromatic N) is 1. The number of aliphatic hydroxyl groups is 1. The summed E-state index contributed by atoms with van der Waals surface area (Å²) in [5, 5.41) is 11.4. The molecule has 1 atom stereocenters. The number of ketones is 1. The number of hydrogen-bond acceptors (Lipinski definition) is 7. The van der Waals surface area contributed by atoms with Gasteiger partial charge in [0, 0.05) is 12.1 Å². The van der Waals surface area contributed by atoms with E-state index in [1.54, 1.807) is 68.8 Å². The molecular formula is C30H31NO7. The summed E-state index contributed by atoms with van der Waals surface area (Å²) in [6, 6.07) is 16.8. The number of rotatable bonds is 9. The Bertz CT molecular complexity index is 1380. The number of Topliss-reactive ketones (excluding diaryl/α,β-unsaturated/α-hetero) is 1. The van der Waals surface area contributed by atoms with Gasteiger partial charge in [-0.3, -0.25) is 9.59 Å². The van der Waals surface area contributed by atoms with Gasteiger partial charge in [0.2, 0.25) is 0 Å². The first-order chi connectivity index (χ1) is 18.3. The predicted octanol–water partition coefficient (Wildman–Crippen LogP) is 5.04. The molecular weight excluding hydrogens is 486 g/mol. The zero-order chi connectivity index (χ0) is 27.4. The molecule has 3 aromatic rings. The highest BCUT2D eigenvalue weighted by molar-refractivity contribution is 6.46. The molecule has 0 saturated carbocycles. The molecule has 0 aliphatic carbocycles. The Hall–Kier alpha value is -4.46. The number of ether oxygens (including phenoxy) is 4. The van der Waals surface area contributed by atoms with Crippen LogP contribution in [0.1, 0.15) is 35.2 Å². The van der Waals surface area contributed by atoms with E-state index in [-0.39, 0.29) is 17.9 Å². The fourth-order valence-electron chi connectivity index (χ4n) is 4.62. The second-order valence-corrected chi connectivity index (χ2v) is 8.80. The lowest BCUT2D eigenvalue weighted by Crippen LogP contribution is -2.29. The highest BCUT2D eigenvalue weighted by Crippen LogP contribution is 2.41. The number of methoxy groups -OCH3 is 3. The SMILES string of the molecule is CCOc1ccc(/C(O)=C2/C(=O)C(=O)N(Cc3ccc(OC)c(OC)c3)C2c2ccc(OC)cc2)cc1C.